The first kappa shape index (κ1) is 13.6. The van der Waals surface area contributed by atoms with Crippen LogP contribution in [0.25, 0.3) is 11.3 Å². The van der Waals surface area contributed by atoms with Crippen molar-refractivity contribution in [2.75, 3.05) is 7.11 Å². The summed E-state index contributed by atoms with van der Waals surface area (Å²) in [6.07, 6.45) is 4.22. The van der Waals surface area contributed by atoms with Gasteiger partial charge in [-0.3, -0.25) is 0 Å². The summed E-state index contributed by atoms with van der Waals surface area (Å²) in [6, 6.07) is 6.35. The fraction of sp³-hybridized carbons (Fsp3) is 0.438. The Balaban J connectivity index is 1.99. The average Bonchev–Trinajstić information content (AvgIpc) is 2.91. The molecule has 1 atom stereocenters. The van der Waals surface area contributed by atoms with Gasteiger partial charge in [-0.25, -0.2) is 4.98 Å². The first-order chi connectivity index (χ1) is 9.72. The number of aryl methyl sites for hydroxylation is 2. The van der Waals surface area contributed by atoms with Crippen molar-refractivity contribution in [3.05, 3.63) is 33.6 Å². The summed E-state index contributed by atoms with van der Waals surface area (Å²) in [5.74, 6) is 0.922. The van der Waals surface area contributed by atoms with Gasteiger partial charge < -0.3 is 10.5 Å². The Labute approximate surface area is 123 Å². The van der Waals surface area contributed by atoms with Crippen molar-refractivity contribution >= 4 is 11.3 Å². The molecule has 1 aliphatic rings. The second-order valence-electron chi connectivity index (χ2n) is 5.24. The Bertz CT molecular complexity index is 621. The molecule has 1 aliphatic carbocycles. The van der Waals surface area contributed by atoms with Crippen LogP contribution in [-0.2, 0) is 12.8 Å². The molecule has 0 bridgehead atoms. The zero-order chi connectivity index (χ0) is 14.1. The Morgan fingerprint density at radius 1 is 1.40 bits per heavy atom. The maximum Gasteiger partial charge on any atom is 0.119 e. The van der Waals surface area contributed by atoms with Crippen molar-refractivity contribution in [2.45, 2.75) is 38.6 Å². The highest BCUT2D eigenvalue weighted by atomic mass is 32.1. The van der Waals surface area contributed by atoms with Crippen LogP contribution in [0.1, 0.15) is 41.3 Å². The Morgan fingerprint density at radius 2 is 2.25 bits per heavy atom. The van der Waals surface area contributed by atoms with Crippen LogP contribution in [0.5, 0.6) is 5.75 Å². The minimum atomic E-state index is 0.0808. The van der Waals surface area contributed by atoms with E-state index < -0.39 is 0 Å². The summed E-state index contributed by atoms with van der Waals surface area (Å²) in [5.41, 5.74) is 9.93. The van der Waals surface area contributed by atoms with E-state index in [1.807, 2.05) is 6.07 Å². The lowest BCUT2D eigenvalue weighted by molar-refractivity contribution is 0.414. The molecule has 1 heterocycles. The Hall–Kier alpha value is -1.39. The van der Waals surface area contributed by atoms with E-state index in [-0.39, 0.29) is 6.04 Å². The molecule has 0 saturated carbocycles. The number of thiazole rings is 1. The normalized spacial score (nSPS) is 14.6. The third-order valence-corrected chi connectivity index (χ3v) is 5.07. The van der Waals surface area contributed by atoms with Crippen LogP contribution in [0.15, 0.2) is 18.2 Å². The molecule has 0 saturated heterocycles. The summed E-state index contributed by atoms with van der Waals surface area (Å²) >= 11 is 1.79. The summed E-state index contributed by atoms with van der Waals surface area (Å²) in [6.45, 7) is 2.16. The van der Waals surface area contributed by atoms with Gasteiger partial charge in [0.15, 0.2) is 0 Å². The Kier molecular flexibility index (Phi) is 3.76. The number of methoxy groups -OCH3 is 1. The van der Waals surface area contributed by atoms with Gasteiger partial charge in [-0.2, -0.15) is 0 Å². The molecule has 2 aromatic rings. The van der Waals surface area contributed by atoms with Gasteiger partial charge in [-0.1, -0.05) is 13.3 Å². The first-order valence-electron chi connectivity index (χ1n) is 7.15. The molecule has 3 nitrogen and oxygen atoms in total. The molecule has 20 heavy (non-hydrogen) atoms. The van der Waals surface area contributed by atoms with Gasteiger partial charge in [-0.05, 0) is 43.0 Å². The van der Waals surface area contributed by atoms with Crippen LogP contribution in [0.2, 0.25) is 0 Å². The molecule has 1 aromatic heterocycles. The highest BCUT2D eigenvalue weighted by molar-refractivity contribution is 7.12. The van der Waals surface area contributed by atoms with E-state index in [1.54, 1.807) is 18.4 Å². The molecule has 3 rings (SSSR count). The first-order valence-corrected chi connectivity index (χ1v) is 7.97. The molecule has 0 spiro atoms. The SMILES string of the molecule is CCCC(N)c1nc2c(s1)CCc1cc(OC)ccc1-2. The van der Waals surface area contributed by atoms with E-state index in [9.17, 15) is 0 Å². The lowest BCUT2D eigenvalue weighted by Crippen LogP contribution is -2.09. The van der Waals surface area contributed by atoms with E-state index >= 15 is 0 Å². The fourth-order valence-electron chi connectivity index (χ4n) is 2.73. The van der Waals surface area contributed by atoms with Gasteiger partial charge in [0.25, 0.3) is 0 Å². The highest BCUT2D eigenvalue weighted by Crippen LogP contribution is 2.39. The van der Waals surface area contributed by atoms with E-state index in [4.69, 9.17) is 15.5 Å². The van der Waals surface area contributed by atoms with E-state index in [2.05, 4.69) is 19.1 Å². The number of hydrogen-bond acceptors (Lipinski definition) is 4. The molecule has 0 radical (unpaired) electrons. The number of nitrogens with zero attached hydrogens (tertiary/aromatic N) is 1. The van der Waals surface area contributed by atoms with E-state index in [1.165, 1.54) is 16.0 Å². The molecule has 106 valence electrons. The third-order valence-electron chi connectivity index (χ3n) is 3.82. The van der Waals surface area contributed by atoms with Gasteiger partial charge in [-0.15, -0.1) is 11.3 Å². The van der Waals surface area contributed by atoms with E-state index in [0.717, 1.165) is 42.1 Å². The molecular formula is C16H20N2OS. The van der Waals surface area contributed by atoms with Gasteiger partial charge in [0.2, 0.25) is 0 Å². The molecule has 1 unspecified atom stereocenters. The highest BCUT2D eigenvalue weighted by Gasteiger charge is 2.22. The van der Waals surface area contributed by atoms with Crippen LogP contribution in [0.3, 0.4) is 0 Å². The monoisotopic (exact) mass is 288 g/mol. The molecule has 0 fully saturated rings. The molecule has 1 aromatic carbocycles. The average molecular weight is 288 g/mol. The lowest BCUT2D eigenvalue weighted by Gasteiger charge is -2.15. The number of benzene rings is 1. The smallest absolute Gasteiger partial charge is 0.119 e. The number of fused-ring (bicyclic) bond motifs is 3. The standard InChI is InChI=1S/C16H20N2OS/c1-3-4-13(17)16-18-15-12-7-6-11(19-2)9-10(12)5-8-14(15)20-16/h6-7,9,13H,3-5,8,17H2,1-2H3. The Morgan fingerprint density at radius 3 is 3.00 bits per heavy atom. The lowest BCUT2D eigenvalue weighted by atomic mass is 9.93. The number of ether oxygens (including phenoxy) is 1. The molecule has 0 aliphatic heterocycles. The van der Waals surface area contributed by atoms with Gasteiger partial charge in [0.05, 0.1) is 18.8 Å². The van der Waals surface area contributed by atoms with Crippen molar-refractivity contribution in [1.82, 2.24) is 4.98 Å². The van der Waals surface area contributed by atoms with Crippen molar-refractivity contribution in [3.63, 3.8) is 0 Å². The van der Waals surface area contributed by atoms with E-state index in [0.29, 0.717) is 0 Å². The maximum atomic E-state index is 6.21. The van der Waals surface area contributed by atoms with Gasteiger partial charge in [0, 0.05) is 10.4 Å². The number of aromatic nitrogens is 1. The number of hydrogen-bond donors (Lipinski definition) is 1. The van der Waals surface area contributed by atoms with Crippen molar-refractivity contribution in [3.8, 4) is 17.0 Å². The van der Waals surface area contributed by atoms with Gasteiger partial charge >= 0.3 is 0 Å². The molecule has 0 amide bonds. The largest absolute Gasteiger partial charge is 0.497 e. The zero-order valence-electron chi connectivity index (χ0n) is 12.0. The summed E-state index contributed by atoms with van der Waals surface area (Å²) in [4.78, 5) is 6.20. The molecule has 4 heteroatoms. The summed E-state index contributed by atoms with van der Waals surface area (Å²) < 4.78 is 5.31. The van der Waals surface area contributed by atoms with Crippen LogP contribution in [0.4, 0.5) is 0 Å². The predicted octanol–water partition coefficient (Wildman–Crippen LogP) is 3.72. The number of nitrogens with two attached hydrogens (primary N) is 1. The maximum absolute atomic E-state index is 6.21. The third kappa shape index (κ3) is 2.34. The van der Waals surface area contributed by atoms with Crippen molar-refractivity contribution < 1.29 is 4.74 Å². The minimum absolute atomic E-state index is 0.0808. The summed E-state index contributed by atoms with van der Waals surface area (Å²) in [5, 5.41) is 1.08. The minimum Gasteiger partial charge on any atom is -0.497 e. The predicted molar refractivity (Wildman–Crippen MR) is 83.3 cm³/mol. The second-order valence-corrected chi connectivity index (χ2v) is 6.36. The van der Waals surface area contributed by atoms with Crippen LogP contribution >= 0.6 is 11.3 Å². The van der Waals surface area contributed by atoms with Crippen molar-refractivity contribution in [2.24, 2.45) is 5.73 Å². The van der Waals surface area contributed by atoms with Crippen molar-refractivity contribution in [1.29, 1.82) is 0 Å². The second kappa shape index (κ2) is 5.54. The van der Waals surface area contributed by atoms with Crippen LogP contribution in [-0.4, -0.2) is 12.1 Å². The van der Waals surface area contributed by atoms with Crippen LogP contribution in [0, 0.1) is 0 Å². The quantitative estimate of drug-likeness (QED) is 0.932. The molecule has 2 N–H and O–H groups in total. The molecular weight excluding hydrogens is 268 g/mol. The van der Waals surface area contributed by atoms with Crippen LogP contribution < -0.4 is 10.5 Å². The number of rotatable bonds is 4. The van der Waals surface area contributed by atoms with Gasteiger partial charge in [0.1, 0.15) is 10.8 Å². The summed E-state index contributed by atoms with van der Waals surface area (Å²) in [7, 11) is 1.71. The zero-order valence-corrected chi connectivity index (χ0v) is 12.8. The fourth-order valence-corrected chi connectivity index (χ4v) is 3.84. The topological polar surface area (TPSA) is 48.1 Å².